The first-order chi connectivity index (χ1) is 14.7. The molecule has 176 valence electrons. The van der Waals surface area contributed by atoms with Gasteiger partial charge in [0, 0.05) is 46.8 Å². The van der Waals surface area contributed by atoms with Gasteiger partial charge in [0.15, 0.2) is 0 Å². The second-order valence-electron chi connectivity index (χ2n) is 7.87. The second-order valence-corrected chi connectivity index (χ2v) is 9.08. The van der Waals surface area contributed by atoms with Crippen LogP contribution in [0.15, 0.2) is 0 Å². The van der Waals surface area contributed by atoms with E-state index < -0.39 is 18.3 Å². The zero-order chi connectivity index (χ0) is 23.0. The molecule has 1 aromatic heterocycles. The molecule has 1 aromatic rings. The highest BCUT2D eigenvalue weighted by Crippen LogP contribution is 2.20. The van der Waals surface area contributed by atoms with Crippen LogP contribution in [0.5, 0.6) is 0 Å². The summed E-state index contributed by atoms with van der Waals surface area (Å²) < 4.78 is 10.8. The Hall–Kier alpha value is -1.59. The molecule has 0 bridgehead atoms. The van der Waals surface area contributed by atoms with Gasteiger partial charge in [-0.3, -0.25) is 9.59 Å². The van der Waals surface area contributed by atoms with E-state index in [0.29, 0.717) is 37.5 Å². The number of methoxy groups -OCH3 is 1. The maximum Gasteiger partial charge on any atom is 0.265 e. The van der Waals surface area contributed by atoms with Gasteiger partial charge >= 0.3 is 0 Å². The van der Waals surface area contributed by atoms with Crippen LogP contribution in [0.2, 0.25) is 0 Å². The first kappa shape index (κ1) is 25.7. The number of carbonyl (C=O) groups excluding carboxylic acids is 2. The monoisotopic (exact) mass is 457 g/mol. The highest BCUT2D eigenvalue weighted by atomic mass is 32.1. The fraction of sp³-hybridized carbons (Fsp3) is 0.762. The molecule has 3 atom stereocenters. The van der Waals surface area contributed by atoms with Crippen molar-refractivity contribution in [3.8, 4) is 0 Å². The van der Waals surface area contributed by atoms with Gasteiger partial charge < -0.3 is 29.5 Å². The summed E-state index contributed by atoms with van der Waals surface area (Å²) in [5, 5.41) is 21.5. The third-order valence-electron chi connectivity index (χ3n) is 5.42. The smallest absolute Gasteiger partial charge is 0.265 e. The van der Waals surface area contributed by atoms with Gasteiger partial charge in [0.25, 0.3) is 5.91 Å². The maximum absolute atomic E-state index is 13.1. The van der Waals surface area contributed by atoms with E-state index in [1.165, 1.54) is 25.4 Å². The van der Waals surface area contributed by atoms with Crippen molar-refractivity contribution in [2.75, 3.05) is 46.5 Å². The summed E-state index contributed by atoms with van der Waals surface area (Å²) in [6.45, 7) is 7.22. The number of ether oxygens (including phenoxy) is 2. The lowest BCUT2D eigenvalue weighted by atomic mass is 10.1. The number of aryl methyl sites for hydroxylation is 2. The quantitative estimate of drug-likeness (QED) is 0.681. The van der Waals surface area contributed by atoms with E-state index in [4.69, 9.17) is 9.47 Å². The normalized spacial score (nSPS) is 25.0. The number of hydrogen-bond donors (Lipinski definition) is 2. The molecular weight excluding hydrogens is 422 g/mol. The molecule has 2 heterocycles. The average Bonchev–Trinajstić information content (AvgIpc) is 3.07. The highest BCUT2D eigenvalue weighted by molar-refractivity contribution is 7.13. The number of nitrogens with zero attached hydrogens (tertiary/aromatic N) is 3. The number of rotatable bonds is 2. The lowest BCUT2D eigenvalue weighted by molar-refractivity contribution is -0.136. The van der Waals surface area contributed by atoms with E-state index in [1.54, 1.807) is 4.90 Å². The van der Waals surface area contributed by atoms with Gasteiger partial charge in [-0.05, 0) is 33.1 Å². The Morgan fingerprint density at radius 2 is 1.81 bits per heavy atom. The van der Waals surface area contributed by atoms with Crippen LogP contribution in [-0.4, -0.2) is 102 Å². The van der Waals surface area contributed by atoms with Crippen molar-refractivity contribution in [2.45, 2.75) is 58.3 Å². The van der Waals surface area contributed by atoms with Crippen molar-refractivity contribution in [2.24, 2.45) is 0 Å². The van der Waals surface area contributed by atoms with Gasteiger partial charge in [-0.25, -0.2) is 4.98 Å². The van der Waals surface area contributed by atoms with Crippen LogP contribution in [-0.2, 0) is 14.3 Å². The van der Waals surface area contributed by atoms with Crippen LogP contribution in [0.3, 0.4) is 0 Å². The molecule has 0 radical (unpaired) electrons. The van der Waals surface area contributed by atoms with Crippen LogP contribution in [0.1, 0.15) is 46.6 Å². The van der Waals surface area contributed by atoms with Crippen LogP contribution >= 0.6 is 11.3 Å². The molecule has 1 aliphatic rings. The Kier molecular flexibility index (Phi) is 10.3. The van der Waals surface area contributed by atoms with Gasteiger partial charge in [0.1, 0.15) is 23.2 Å². The van der Waals surface area contributed by atoms with Crippen molar-refractivity contribution >= 4 is 23.2 Å². The minimum absolute atomic E-state index is 0.0247. The number of thiazole rings is 1. The molecule has 2 rings (SSSR count). The Morgan fingerprint density at radius 3 is 2.42 bits per heavy atom. The third-order valence-corrected chi connectivity index (χ3v) is 6.48. The molecule has 0 spiro atoms. The van der Waals surface area contributed by atoms with Crippen molar-refractivity contribution < 1.29 is 29.3 Å². The highest BCUT2D eigenvalue weighted by Gasteiger charge is 2.29. The number of aliphatic hydroxyl groups is 2. The summed E-state index contributed by atoms with van der Waals surface area (Å²) in [6.07, 6.45) is -0.965. The number of carbonyl (C=O) groups is 2. The molecule has 1 aliphatic heterocycles. The standard InChI is InChI=1S/C21H35N3O6S/c1-14-20(31-15(2)22-14)21(28)23-8-5-6-11-30-13-17(26)19(27)18(29-4)12-24(16(3)25)10-7-9-23/h17-19,26-27H,5-13H2,1-4H3/t17-,18-,19-/m0/s1. The van der Waals surface area contributed by atoms with Crippen LogP contribution < -0.4 is 0 Å². The zero-order valence-electron chi connectivity index (χ0n) is 18.9. The van der Waals surface area contributed by atoms with E-state index >= 15 is 0 Å². The predicted octanol–water partition coefficient (Wildman–Crippen LogP) is 0.988. The molecule has 1 fully saturated rings. The van der Waals surface area contributed by atoms with Gasteiger partial charge in [-0.2, -0.15) is 0 Å². The number of aromatic nitrogens is 1. The summed E-state index contributed by atoms with van der Waals surface area (Å²) >= 11 is 1.40. The minimum atomic E-state index is -1.17. The average molecular weight is 458 g/mol. The molecule has 9 nitrogen and oxygen atoms in total. The predicted molar refractivity (Wildman–Crippen MR) is 117 cm³/mol. The molecule has 2 amide bonds. The topological polar surface area (TPSA) is 112 Å². The van der Waals surface area contributed by atoms with Crippen molar-refractivity contribution in [1.82, 2.24) is 14.8 Å². The fourth-order valence-corrected chi connectivity index (χ4v) is 4.50. The number of aliphatic hydroxyl groups excluding tert-OH is 2. The van der Waals surface area contributed by atoms with E-state index in [2.05, 4.69) is 4.98 Å². The van der Waals surface area contributed by atoms with Crippen molar-refractivity contribution in [3.63, 3.8) is 0 Å². The van der Waals surface area contributed by atoms with Crippen molar-refractivity contribution in [1.29, 1.82) is 0 Å². The SMILES string of the molecule is CO[C@H]1CN(C(C)=O)CCCN(C(=O)c2sc(C)nc2C)CCCCOC[C@H](O)[C@@H]1O. The summed E-state index contributed by atoms with van der Waals surface area (Å²) in [5.41, 5.74) is 0.739. The summed E-state index contributed by atoms with van der Waals surface area (Å²) in [6, 6.07) is 0. The second kappa shape index (κ2) is 12.4. The van der Waals surface area contributed by atoms with E-state index in [0.717, 1.165) is 23.5 Å². The zero-order valence-corrected chi connectivity index (χ0v) is 19.7. The van der Waals surface area contributed by atoms with E-state index in [9.17, 15) is 19.8 Å². The fourth-order valence-electron chi connectivity index (χ4n) is 3.61. The lowest BCUT2D eigenvalue weighted by Gasteiger charge is -2.31. The molecule has 0 aromatic carbocycles. The number of amides is 2. The molecule has 1 saturated heterocycles. The molecule has 0 unspecified atom stereocenters. The van der Waals surface area contributed by atoms with Gasteiger partial charge in [0.2, 0.25) is 5.91 Å². The summed E-state index contributed by atoms with van der Waals surface area (Å²) in [5.74, 6) is -0.195. The Bertz CT molecular complexity index is 728. The van der Waals surface area contributed by atoms with Gasteiger partial charge in [-0.15, -0.1) is 11.3 Å². The molecule has 10 heteroatoms. The van der Waals surface area contributed by atoms with Crippen LogP contribution in [0.25, 0.3) is 0 Å². The lowest BCUT2D eigenvalue weighted by Crippen LogP contribution is -2.48. The van der Waals surface area contributed by atoms with E-state index in [-0.39, 0.29) is 25.0 Å². The number of hydrogen-bond acceptors (Lipinski definition) is 8. The third kappa shape index (κ3) is 7.50. The van der Waals surface area contributed by atoms with Gasteiger partial charge in [-0.1, -0.05) is 0 Å². The maximum atomic E-state index is 13.1. The Morgan fingerprint density at radius 1 is 1.13 bits per heavy atom. The Labute approximate surface area is 188 Å². The summed E-state index contributed by atoms with van der Waals surface area (Å²) in [4.78, 5) is 33.7. The molecule has 0 saturated carbocycles. The van der Waals surface area contributed by atoms with Crippen LogP contribution in [0.4, 0.5) is 0 Å². The van der Waals surface area contributed by atoms with E-state index in [1.807, 2.05) is 18.7 Å². The minimum Gasteiger partial charge on any atom is -0.388 e. The molecule has 2 N–H and O–H groups in total. The Balaban J connectivity index is 2.15. The first-order valence-electron chi connectivity index (χ1n) is 10.7. The van der Waals surface area contributed by atoms with Crippen LogP contribution in [0, 0.1) is 13.8 Å². The summed E-state index contributed by atoms with van der Waals surface area (Å²) in [7, 11) is 1.44. The molecular formula is C21H35N3O6S. The first-order valence-corrected chi connectivity index (χ1v) is 11.5. The van der Waals surface area contributed by atoms with Gasteiger partial charge in [0.05, 0.1) is 17.3 Å². The molecule has 31 heavy (non-hydrogen) atoms. The van der Waals surface area contributed by atoms with Crippen molar-refractivity contribution in [3.05, 3.63) is 15.6 Å². The largest absolute Gasteiger partial charge is 0.388 e. The molecule has 0 aliphatic carbocycles.